The van der Waals surface area contributed by atoms with Crippen molar-refractivity contribution in [1.29, 1.82) is 0 Å². The zero-order chi connectivity index (χ0) is 23.7. The topological polar surface area (TPSA) is 86.9 Å². The number of carbonyl (C=O) groups excluding carboxylic acids is 1. The lowest BCUT2D eigenvalue weighted by Gasteiger charge is -2.13. The first kappa shape index (κ1) is 21.3. The van der Waals surface area contributed by atoms with Gasteiger partial charge in [0.15, 0.2) is 0 Å². The third-order valence-electron chi connectivity index (χ3n) is 5.65. The zero-order valence-corrected chi connectivity index (χ0v) is 18.7. The zero-order valence-electron chi connectivity index (χ0n) is 18.7. The Bertz CT molecular complexity index is 1570. The summed E-state index contributed by atoms with van der Waals surface area (Å²) in [6.45, 7) is 0.377. The smallest absolute Gasteiger partial charge is 0.272 e. The van der Waals surface area contributed by atoms with Crippen molar-refractivity contribution in [2.75, 3.05) is 19.5 Å². The third kappa shape index (κ3) is 3.75. The molecule has 1 N–H and O–H groups in total. The molecule has 0 saturated carbocycles. The maximum atomic E-state index is 13.5. The van der Waals surface area contributed by atoms with Gasteiger partial charge >= 0.3 is 0 Å². The molecule has 2 aromatic carbocycles. The van der Waals surface area contributed by atoms with Crippen LogP contribution in [0.4, 0.5) is 5.69 Å². The van der Waals surface area contributed by atoms with Crippen molar-refractivity contribution in [1.82, 2.24) is 14.0 Å². The summed E-state index contributed by atoms with van der Waals surface area (Å²) in [6, 6.07) is 21.8. The Morgan fingerprint density at radius 1 is 0.971 bits per heavy atom. The highest BCUT2D eigenvalue weighted by Gasteiger charge is 2.21. The van der Waals surface area contributed by atoms with Crippen molar-refractivity contribution in [3.63, 3.8) is 0 Å². The Morgan fingerprint density at radius 3 is 2.53 bits per heavy atom. The molecule has 8 nitrogen and oxygen atoms in total. The van der Waals surface area contributed by atoms with Gasteiger partial charge in [0.05, 0.1) is 25.3 Å². The highest BCUT2D eigenvalue weighted by Crippen LogP contribution is 2.30. The first-order chi connectivity index (χ1) is 16.6. The minimum Gasteiger partial charge on any atom is -0.497 e. The number of nitrogens with zero attached hydrogens (tertiary/aromatic N) is 3. The summed E-state index contributed by atoms with van der Waals surface area (Å²) in [7, 11) is 3.08. The Balaban J connectivity index is 1.65. The summed E-state index contributed by atoms with van der Waals surface area (Å²) < 4.78 is 13.9. The van der Waals surface area contributed by atoms with E-state index < -0.39 is 0 Å². The molecule has 3 heterocycles. The standard InChI is InChI=1S/C26H22N4O4/c1-33-18-11-12-20(22(14-18)34-2)27-25(31)21-15-19-24(30(21)16-17-8-4-3-5-9-17)28-23-10-6-7-13-29(23)26(19)32/h3-15H,16H2,1-2H3,(H,27,31). The number of nitrogens with one attached hydrogen (secondary N) is 1. The van der Waals surface area contributed by atoms with Crippen LogP contribution in [0.25, 0.3) is 16.7 Å². The number of amides is 1. The molecule has 0 aliphatic heterocycles. The molecule has 0 unspecified atom stereocenters. The van der Waals surface area contributed by atoms with Gasteiger partial charge in [0.1, 0.15) is 28.5 Å². The SMILES string of the molecule is COc1ccc(NC(=O)c2cc3c(=O)n4ccccc4nc3n2Cc2ccccc2)c(OC)c1. The van der Waals surface area contributed by atoms with E-state index in [9.17, 15) is 9.59 Å². The second-order valence-electron chi connectivity index (χ2n) is 7.70. The van der Waals surface area contributed by atoms with Crippen molar-refractivity contribution in [2.24, 2.45) is 0 Å². The van der Waals surface area contributed by atoms with E-state index in [0.717, 1.165) is 5.56 Å². The molecule has 0 radical (unpaired) electrons. The molecule has 5 rings (SSSR count). The molecular formula is C26H22N4O4. The maximum Gasteiger partial charge on any atom is 0.272 e. The second-order valence-corrected chi connectivity index (χ2v) is 7.70. The van der Waals surface area contributed by atoms with E-state index in [1.807, 2.05) is 36.4 Å². The molecule has 0 spiro atoms. The summed E-state index contributed by atoms with van der Waals surface area (Å²) in [5, 5.41) is 3.27. The summed E-state index contributed by atoms with van der Waals surface area (Å²) >= 11 is 0. The number of rotatable bonds is 6. The first-order valence-electron chi connectivity index (χ1n) is 10.7. The maximum absolute atomic E-state index is 13.5. The highest BCUT2D eigenvalue weighted by molar-refractivity contribution is 6.06. The Kier molecular flexibility index (Phi) is 5.47. The molecule has 1 amide bonds. The van der Waals surface area contributed by atoms with E-state index in [1.165, 1.54) is 11.5 Å². The van der Waals surface area contributed by atoms with Gasteiger partial charge in [-0.05, 0) is 35.9 Å². The first-order valence-corrected chi connectivity index (χ1v) is 10.7. The van der Waals surface area contributed by atoms with Crippen LogP contribution in [0.2, 0.25) is 0 Å². The molecule has 0 fully saturated rings. The lowest BCUT2D eigenvalue weighted by atomic mass is 10.2. The third-order valence-corrected chi connectivity index (χ3v) is 5.65. The molecule has 0 aliphatic carbocycles. The van der Waals surface area contributed by atoms with Gasteiger partial charge in [0, 0.05) is 18.8 Å². The van der Waals surface area contributed by atoms with Gasteiger partial charge in [-0.15, -0.1) is 0 Å². The van der Waals surface area contributed by atoms with Crippen molar-refractivity contribution >= 4 is 28.3 Å². The number of hydrogen-bond acceptors (Lipinski definition) is 5. The molecule has 5 aromatic rings. The number of fused-ring (bicyclic) bond motifs is 2. The highest BCUT2D eigenvalue weighted by atomic mass is 16.5. The van der Waals surface area contributed by atoms with Crippen LogP contribution in [0.1, 0.15) is 16.1 Å². The number of carbonyl (C=O) groups is 1. The van der Waals surface area contributed by atoms with Crippen LogP contribution in [0.5, 0.6) is 11.5 Å². The number of hydrogen-bond donors (Lipinski definition) is 1. The normalized spacial score (nSPS) is 11.0. The van der Waals surface area contributed by atoms with E-state index in [4.69, 9.17) is 14.5 Å². The number of benzene rings is 2. The number of ether oxygens (including phenoxy) is 2. The number of methoxy groups -OCH3 is 2. The molecule has 0 atom stereocenters. The minimum atomic E-state index is -0.383. The van der Waals surface area contributed by atoms with Crippen LogP contribution >= 0.6 is 0 Å². The summed E-state index contributed by atoms with van der Waals surface area (Å²) in [5.41, 5.74) is 2.51. The number of anilines is 1. The lowest BCUT2D eigenvalue weighted by molar-refractivity contribution is 0.101. The molecular weight excluding hydrogens is 432 g/mol. The monoisotopic (exact) mass is 454 g/mol. The average Bonchev–Trinajstić information content (AvgIpc) is 3.23. The number of pyridine rings is 1. The lowest BCUT2D eigenvalue weighted by Crippen LogP contribution is -2.18. The summed E-state index contributed by atoms with van der Waals surface area (Å²) in [4.78, 5) is 31.4. The largest absolute Gasteiger partial charge is 0.497 e. The Morgan fingerprint density at radius 2 is 1.76 bits per heavy atom. The van der Waals surface area contributed by atoms with Crippen LogP contribution in [0, 0.1) is 0 Å². The van der Waals surface area contributed by atoms with E-state index in [0.29, 0.717) is 46.1 Å². The molecule has 170 valence electrons. The predicted molar refractivity (Wildman–Crippen MR) is 130 cm³/mol. The van der Waals surface area contributed by atoms with Gasteiger partial charge < -0.3 is 19.4 Å². The van der Waals surface area contributed by atoms with Gasteiger partial charge in [-0.1, -0.05) is 36.4 Å². The molecule has 8 heteroatoms. The van der Waals surface area contributed by atoms with Gasteiger partial charge in [0.25, 0.3) is 11.5 Å². The Hall–Kier alpha value is -4.59. The molecule has 3 aromatic heterocycles. The quantitative estimate of drug-likeness (QED) is 0.420. The second kappa shape index (κ2) is 8.74. The van der Waals surface area contributed by atoms with E-state index in [2.05, 4.69) is 5.32 Å². The van der Waals surface area contributed by atoms with Gasteiger partial charge in [0.2, 0.25) is 0 Å². The fraction of sp³-hybridized carbons (Fsp3) is 0.115. The van der Waals surface area contributed by atoms with Crippen molar-refractivity contribution in [3.8, 4) is 11.5 Å². The van der Waals surface area contributed by atoms with Crippen LogP contribution in [0.3, 0.4) is 0 Å². The number of aromatic nitrogens is 3. The summed E-state index contributed by atoms with van der Waals surface area (Å²) in [5.74, 6) is 0.685. The van der Waals surface area contributed by atoms with E-state index in [1.54, 1.807) is 54.3 Å². The van der Waals surface area contributed by atoms with Crippen LogP contribution in [-0.2, 0) is 6.54 Å². The molecule has 0 bridgehead atoms. The fourth-order valence-electron chi connectivity index (χ4n) is 3.95. The van der Waals surface area contributed by atoms with Gasteiger partial charge in [-0.25, -0.2) is 4.98 Å². The minimum absolute atomic E-state index is 0.233. The van der Waals surface area contributed by atoms with Crippen LogP contribution in [-0.4, -0.2) is 34.1 Å². The van der Waals surface area contributed by atoms with Gasteiger partial charge in [-0.3, -0.25) is 14.0 Å². The van der Waals surface area contributed by atoms with Crippen molar-refractivity contribution in [3.05, 3.63) is 101 Å². The van der Waals surface area contributed by atoms with Crippen molar-refractivity contribution < 1.29 is 14.3 Å². The molecule has 0 saturated heterocycles. The average molecular weight is 454 g/mol. The van der Waals surface area contributed by atoms with Crippen molar-refractivity contribution in [2.45, 2.75) is 6.54 Å². The van der Waals surface area contributed by atoms with Crippen LogP contribution in [0.15, 0.2) is 83.8 Å². The predicted octanol–water partition coefficient (Wildman–Crippen LogP) is 3.97. The van der Waals surface area contributed by atoms with Gasteiger partial charge in [-0.2, -0.15) is 0 Å². The van der Waals surface area contributed by atoms with Crippen LogP contribution < -0.4 is 20.3 Å². The van der Waals surface area contributed by atoms with E-state index >= 15 is 0 Å². The summed E-state index contributed by atoms with van der Waals surface area (Å²) in [6.07, 6.45) is 1.67. The Labute approximate surface area is 195 Å². The molecule has 34 heavy (non-hydrogen) atoms. The fourth-order valence-corrected chi connectivity index (χ4v) is 3.95. The van der Waals surface area contributed by atoms with E-state index in [-0.39, 0.29) is 11.5 Å². The molecule has 0 aliphatic rings.